The zero-order chi connectivity index (χ0) is 12.7. The van der Waals surface area contributed by atoms with Gasteiger partial charge in [-0.25, -0.2) is 0 Å². The Hall–Kier alpha value is -0.0900. The maximum absolute atomic E-state index is 9.44. The first kappa shape index (κ1) is 15.0. The van der Waals surface area contributed by atoms with Crippen LogP contribution < -0.4 is 5.32 Å². The van der Waals surface area contributed by atoms with E-state index in [1.807, 2.05) is 6.07 Å². The third-order valence-corrected chi connectivity index (χ3v) is 4.80. The molecule has 0 amide bonds. The number of aliphatic hydroxyl groups is 1. The Labute approximate surface area is 113 Å². The Morgan fingerprint density at radius 1 is 1.35 bits per heavy atom. The van der Waals surface area contributed by atoms with Gasteiger partial charge in [-0.1, -0.05) is 25.4 Å². The van der Waals surface area contributed by atoms with E-state index in [1.54, 1.807) is 11.3 Å². The van der Waals surface area contributed by atoms with Crippen molar-refractivity contribution in [2.24, 2.45) is 5.41 Å². The van der Waals surface area contributed by atoms with Crippen LogP contribution in [0.3, 0.4) is 0 Å². The van der Waals surface area contributed by atoms with E-state index in [4.69, 9.17) is 11.6 Å². The lowest BCUT2D eigenvalue weighted by atomic mass is 9.83. The van der Waals surface area contributed by atoms with Gasteiger partial charge in [0.05, 0.1) is 4.34 Å². The summed E-state index contributed by atoms with van der Waals surface area (Å²) in [6.07, 6.45) is 3.03. The average Bonchev–Trinajstić information content (AvgIpc) is 2.76. The summed E-state index contributed by atoms with van der Waals surface area (Å²) in [6, 6.07) is 4.02. The van der Waals surface area contributed by atoms with Gasteiger partial charge in [-0.3, -0.25) is 0 Å². The smallest absolute Gasteiger partial charge is 0.0931 e. The zero-order valence-corrected chi connectivity index (χ0v) is 12.2. The fourth-order valence-electron chi connectivity index (χ4n) is 1.83. The summed E-state index contributed by atoms with van der Waals surface area (Å²) >= 11 is 7.52. The lowest BCUT2D eigenvalue weighted by molar-refractivity contribution is 0.113. The minimum Gasteiger partial charge on any atom is -0.396 e. The third-order valence-electron chi connectivity index (χ3n) is 3.51. The van der Waals surface area contributed by atoms with Crippen molar-refractivity contribution in [3.8, 4) is 0 Å². The first-order chi connectivity index (χ1) is 8.15. The quantitative estimate of drug-likeness (QED) is 0.714. The molecule has 1 heterocycles. The largest absolute Gasteiger partial charge is 0.396 e. The van der Waals surface area contributed by atoms with Crippen molar-refractivity contribution < 1.29 is 5.11 Å². The molecule has 1 aromatic heterocycles. The molecule has 17 heavy (non-hydrogen) atoms. The molecule has 0 saturated carbocycles. The van der Waals surface area contributed by atoms with Gasteiger partial charge in [-0.15, -0.1) is 11.3 Å². The number of thiophene rings is 1. The molecule has 1 rings (SSSR count). The standard InChI is InChI=1S/C13H22ClNOS/c1-3-13(4-2,10-16)9-15-8-7-11-5-6-12(14)17-11/h5-6,15-16H,3-4,7-10H2,1-2H3. The van der Waals surface area contributed by atoms with Gasteiger partial charge in [-0.2, -0.15) is 0 Å². The molecule has 4 heteroatoms. The van der Waals surface area contributed by atoms with Crippen LogP contribution >= 0.6 is 22.9 Å². The second kappa shape index (κ2) is 7.37. The van der Waals surface area contributed by atoms with Crippen LogP contribution in [0.2, 0.25) is 4.34 Å². The van der Waals surface area contributed by atoms with Crippen molar-refractivity contribution in [2.75, 3.05) is 19.7 Å². The monoisotopic (exact) mass is 275 g/mol. The fourth-order valence-corrected chi connectivity index (χ4v) is 2.92. The Balaban J connectivity index is 2.27. The second-order valence-corrected chi connectivity index (χ2v) is 6.30. The number of nitrogens with one attached hydrogen (secondary N) is 1. The van der Waals surface area contributed by atoms with E-state index in [2.05, 4.69) is 25.2 Å². The molecule has 0 spiro atoms. The second-order valence-electron chi connectivity index (χ2n) is 4.50. The summed E-state index contributed by atoms with van der Waals surface area (Å²) in [5.41, 5.74) is 0.0487. The molecular weight excluding hydrogens is 254 g/mol. The molecule has 0 unspecified atom stereocenters. The zero-order valence-electron chi connectivity index (χ0n) is 10.6. The van der Waals surface area contributed by atoms with Gasteiger partial charge >= 0.3 is 0 Å². The van der Waals surface area contributed by atoms with E-state index >= 15 is 0 Å². The van der Waals surface area contributed by atoms with E-state index in [9.17, 15) is 5.11 Å². The summed E-state index contributed by atoms with van der Waals surface area (Å²) < 4.78 is 0.854. The fraction of sp³-hybridized carbons (Fsp3) is 0.692. The summed E-state index contributed by atoms with van der Waals surface area (Å²) in [5.74, 6) is 0. The molecular formula is C13H22ClNOS. The first-order valence-electron chi connectivity index (χ1n) is 6.21. The van der Waals surface area contributed by atoms with Gasteiger partial charge in [-0.05, 0) is 37.9 Å². The number of hydrogen-bond donors (Lipinski definition) is 2. The van der Waals surface area contributed by atoms with Crippen LogP contribution in [-0.4, -0.2) is 24.8 Å². The minimum absolute atomic E-state index is 0.0487. The Bertz CT molecular complexity index is 315. The third kappa shape index (κ3) is 4.59. The van der Waals surface area contributed by atoms with Crippen LogP contribution in [-0.2, 0) is 6.42 Å². The van der Waals surface area contributed by atoms with Gasteiger partial charge in [0.1, 0.15) is 0 Å². The van der Waals surface area contributed by atoms with E-state index in [1.165, 1.54) is 4.88 Å². The van der Waals surface area contributed by atoms with E-state index in [-0.39, 0.29) is 12.0 Å². The topological polar surface area (TPSA) is 32.3 Å². The van der Waals surface area contributed by atoms with Crippen LogP contribution in [0.5, 0.6) is 0 Å². The van der Waals surface area contributed by atoms with E-state index < -0.39 is 0 Å². The van der Waals surface area contributed by atoms with E-state index in [0.29, 0.717) is 0 Å². The van der Waals surface area contributed by atoms with Crippen molar-refractivity contribution >= 4 is 22.9 Å². The van der Waals surface area contributed by atoms with Crippen molar-refractivity contribution in [1.82, 2.24) is 5.32 Å². The highest BCUT2D eigenvalue weighted by atomic mass is 35.5. The van der Waals surface area contributed by atoms with Crippen molar-refractivity contribution in [2.45, 2.75) is 33.1 Å². The van der Waals surface area contributed by atoms with Crippen LogP contribution in [0.1, 0.15) is 31.6 Å². The molecule has 1 aromatic rings. The highest BCUT2D eigenvalue weighted by molar-refractivity contribution is 7.16. The number of halogens is 1. The summed E-state index contributed by atoms with van der Waals surface area (Å²) in [7, 11) is 0. The van der Waals surface area contributed by atoms with Crippen LogP contribution in [0.15, 0.2) is 12.1 Å². The molecule has 0 bridgehead atoms. The summed E-state index contributed by atoms with van der Waals surface area (Å²) in [6.45, 7) is 6.37. The summed E-state index contributed by atoms with van der Waals surface area (Å²) in [4.78, 5) is 1.31. The highest BCUT2D eigenvalue weighted by Crippen LogP contribution is 2.24. The van der Waals surface area contributed by atoms with E-state index in [0.717, 1.165) is 36.7 Å². The predicted molar refractivity (Wildman–Crippen MR) is 76.0 cm³/mol. The minimum atomic E-state index is 0.0487. The first-order valence-corrected chi connectivity index (χ1v) is 7.41. The number of rotatable bonds is 8. The molecule has 0 atom stereocenters. The van der Waals surface area contributed by atoms with Gasteiger partial charge in [0.15, 0.2) is 0 Å². The SMILES string of the molecule is CCC(CC)(CO)CNCCc1ccc(Cl)s1. The van der Waals surface area contributed by atoms with Crippen molar-refractivity contribution in [1.29, 1.82) is 0 Å². The molecule has 0 saturated heterocycles. The Morgan fingerprint density at radius 3 is 2.53 bits per heavy atom. The molecule has 0 aromatic carbocycles. The van der Waals surface area contributed by atoms with Crippen LogP contribution in [0, 0.1) is 5.41 Å². The summed E-state index contributed by atoms with van der Waals surface area (Å²) in [5, 5.41) is 12.9. The molecule has 2 N–H and O–H groups in total. The molecule has 0 aliphatic rings. The highest BCUT2D eigenvalue weighted by Gasteiger charge is 2.24. The van der Waals surface area contributed by atoms with Gasteiger partial charge < -0.3 is 10.4 Å². The Kier molecular flexibility index (Phi) is 6.49. The van der Waals surface area contributed by atoms with Crippen LogP contribution in [0.25, 0.3) is 0 Å². The molecule has 0 radical (unpaired) electrons. The van der Waals surface area contributed by atoms with Gasteiger partial charge in [0.25, 0.3) is 0 Å². The van der Waals surface area contributed by atoms with Crippen molar-refractivity contribution in [3.05, 3.63) is 21.3 Å². The maximum atomic E-state index is 9.44. The number of hydrogen-bond acceptors (Lipinski definition) is 3. The molecule has 0 fully saturated rings. The molecule has 98 valence electrons. The van der Waals surface area contributed by atoms with Crippen molar-refractivity contribution in [3.63, 3.8) is 0 Å². The Morgan fingerprint density at radius 2 is 2.06 bits per heavy atom. The maximum Gasteiger partial charge on any atom is 0.0931 e. The van der Waals surface area contributed by atoms with Gasteiger partial charge in [0.2, 0.25) is 0 Å². The number of aliphatic hydroxyl groups excluding tert-OH is 1. The lowest BCUT2D eigenvalue weighted by Gasteiger charge is -2.29. The average molecular weight is 276 g/mol. The molecule has 0 aliphatic carbocycles. The normalized spacial score (nSPS) is 12.0. The predicted octanol–water partition coefficient (Wildman–Crippen LogP) is 3.33. The lowest BCUT2D eigenvalue weighted by Crippen LogP contribution is -2.37. The molecule has 0 aliphatic heterocycles. The van der Waals surface area contributed by atoms with Gasteiger partial charge in [0, 0.05) is 23.4 Å². The molecule has 2 nitrogen and oxygen atoms in total. The van der Waals surface area contributed by atoms with Crippen LogP contribution in [0.4, 0.5) is 0 Å².